The topological polar surface area (TPSA) is 126 Å². The van der Waals surface area contributed by atoms with E-state index in [9.17, 15) is 19.5 Å². The Morgan fingerprint density at radius 1 is 1.25 bits per heavy atom. The van der Waals surface area contributed by atoms with Crippen LogP contribution in [0, 0.1) is 0 Å². The summed E-state index contributed by atoms with van der Waals surface area (Å²) < 4.78 is 1.52. The molecule has 1 atom stereocenters. The van der Waals surface area contributed by atoms with Crippen LogP contribution in [0.1, 0.15) is 19.3 Å². The third-order valence-electron chi connectivity index (χ3n) is 3.44. The van der Waals surface area contributed by atoms with E-state index in [-0.39, 0.29) is 19.3 Å². The minimum absolute atomic E-state index is 0.0468. The van der Waals surface area contributed by atoms with Gasteiger partial charge in [-0.25, -0.2) is 9.48 Å². The van der Waals surface area contributed by atoms with Crippen LogP contribution in [0.25, 0.3) is 5.69 Å². The number of hydrogen-bond donors (Lipinski definition) is 2. The van der Waals surface area contributed by atoms with Crippen LogP contribution >= 0.6 is 0 Å². The zero-order valence-electron chi connectivity index (χ0n) is 12.6. The summed E-state index contributed by atoms with van der Waals surface area (Å²) in [6.07, 6.45) is 3.66. The minimum Gasteiger partial charge on any atom is -0.481 e. The van der Waals surface area contributed by atoms with E-state index in [0.29, 0.717) is 17.8 Å². The van der Waals surface area contributed by atoms with E-state index in [1.54, 1.807) is 30.5 Å². The van der Waals surface area contributed by atoms with Crippen molar-refractivity contribution in [1.29, 1.82) is 0 Å². The molecule has 0 aliphatic carbocycles. The Hall–Kier alpha value is -3.23. The fourth-order valence-corrected chi connectivity index (χ4v) is 2.27. The average molecular weight is 332 g/mol. The largest absolute Gasteiger partial charge is 0.481 e. The van der Waals surface area contributed by atoms with E-state index in [1.165, 1.54) is 10.9 Å². The molecule has 0 aliphatic rings. The first-order chi connectivity index (χ1) is 11.5. The van der Waals surface area contributed by atoms with E-state index in [4.69, 9.17) is 5.11 Å². The normalized spacial score (nSPS) is 11.7. The molecule has 0 radical (unpaired) electrons. The number of nitrogens with zero attached hydrogens (tertiary/aromatic N) is 4. The summed E-state index contributed by atoms with van der Waals surface area (Å²) in [5, 5.41) is 25.5. The molecule has 1 aromatic carbocycles. The summed E-state index contributed by atoms with van der Waals surface area (Å²) in [6, 6.07) is 5.42. The highest BCUT2D eigenvalue weighted by Gasteiger charge is 2.25. The number of rotatable bonds is 9. The first-order valence-electron chi connectivity index (χ1n) is 7.18. The number of carbonyl (C=O) groups is 3. The molecule has 1 aromatic heterocycles. The molecule has 0 fully saturated rings. The number of aliphatic carboxylic acids is 2. The standard InChI is InChI=1S/C15H16N4O5/c20-10-18(13(15(23)24)2-1-3-14(21)22)11-4-6-12(7-5-11)19-9-8-16-17-19/h4-10,13H,1-3H2,(H,21,22)(H,23,24)/t13-/m0/s1. The van der Waals surface area contributed by atoms with Gasteiger partial charge < -0.3 is 15.1 Å². The second-order valence-electron chi connectivity index (χ2n) is 5.02. The van der Waals surface area contributed by atoms with Gasteiger partial charge in [0.2, 0.25) is 6.41 Å². The van der Waals surface area contributed by atoms with Crippen molar-refractivity contribution in [3.8, 4) is 5.69 Å². The highest BCUT2D eigenvalue weighted by molar-refractivity contribution is 5.88. The summed E-state index contributed by atoms with van der Waals surface area (Å²) in [5.74, 6) is -2.19. The molecular formula is C15H16N4O5. The van der Waals surface area contributed by atoms with Crippen molar-refractivity contribution < 1.29 is 24.6 Å². The van der Waals surface area contributed by atoms with E-state index >= 15 is 0 Å². The van der Waals surface area contributed by atoms with Gasteiger partial charge in [0.05, 0.1) is 18.1 Å². The summed E-state index contributed by atoms with van der Waals surface area (Å²) in [4.78, 5) is 34.5. The summed E-state index contributed by atoms with van der Waals surface area (Å²) in [7, 11) is 0. The van der Waals surface area contributed by atoms with Crippen molar-refractivity contribution in [3.05, 3.63) is 36.7 Å². The third-order valence-corrected chi connectivity index (χ3v) is 3.44. The number of carbonyl (C=O) groups excluding carboxylic acids is 1. The maximum absolute atomic E-state index is 11.4. The van der Waals surface area contributed by atoms with E-state index in [2.05, 4.69) is 10.3 Å². The Morgan fingerprint density at radius 2 is 1.96 bits per heavy atom. The van der Waals surface area contributed by atoms with Gasteiger partial charge in [0.1, 0.15) is 6.04 Å². The van der Waals surface area contributed by atoms with Gasteiger partial charge in [-0.1, -0.05) is 5.21 Å². The number of benzene rings is 1. The molecule has 2 rings (SSSR count). The van der Waals surface area contributed by atoms with Crippen molar-refractivity contribution in [2.24, 2.45) is 0 Å². The second kappa shape index (κ2) is 7.86. The zero-order valence-corrected chi connectivity index (χ0v) is 12.6. The first-order valence-corrected chi connectivity index (χ1v) is 7.18. The fourth-order valence-electron chi connectivity index (χ4n) is 2.27. The van der Waals surface area contributed by atoms with E-state index in [0.717, 1.165) is 4.90 Å². The van der Waals surface area contributed by atoms with Crippen LogP contribution in [0.4, 0.5) is 5.69 Å². The van der Waals surface area contributed by atoms with Crippen LogP contribution in [0.3, 0.4) is 0 Å². The molecule has 0 unspecified atom stereocenters. The summed E-state index contributed by atoms with van der Waals surface area (Å²) >= 11 is 0. The van der Waals surface area contributed by atoms with Crippen molar-refractivity contribution in [2.45, 2.75) is 25.3 Å². The van der Waals surface area contributed by atoms with Crippen molar-refractivity contribution in [3.63, 3.8) is 0 Å². The third kappa shape index (κ3) is 4.15. The number of carboxylic acid groups (broad SMARTS) is 2. The Kier molecular flexibility index (Phi) is 5.61. The molecule has 2 aromatic rings. The lowest BCUT2D eigenvalue weighted by atomic mass is 10.1. The minimum atomic E-state index is -1.19. The second-order valence-corrected chi connectivity index (χ2v) is 5.02. The Bertz CT molecular complexity index is 699. The number of aromatic nitrogens is 3. The van der Waals surface area contributed by atoms with Gasteiger partial charge in [-0.3, -0.25) is 9.59 Å². The van der Waals surface area contributed by atoms with Crippen molar-refractivity contribution in [1.82, 2.24) is 15.0 Å². The predicted octanol–water partition coefficient (Wildman–Crippen LogP) is 0.938. The molecule has 0 saturated carbocycles. The predicted molar refractivity (Wildman–Crippen MR) is 82.8 cm³/mol. The van der Waals surface area contributed by atoms with Gasteiger partial charge in [-0.05, 0) is 37.1 Å². The number of anilines is 1. The van der Waals surface area contributed by atoms with Gasteiger partial charge in [0, 0.05) is 12.1 Å². The number of amides is 1. The monoisotopic (exact) mass is 332 g/mol. The van der Waals surface area contributed by atoms with Gasteiger partial charge in [-0.15, -0.1) is 5.10 Å². The van der Waals surface area contributed by atoms with Crippen LogP contribution in [0.5, 0.6) is 0 Å². The molecule has 24 heavy (non-hydrogen) atoms. The molecule has 126 valence electrons. The first kappa shape index (κ1) is 17.1. The molecule has 0 saturated heterocycles. The van der Waals surface area contributed by atoms with E-state index < -0.39 is 18.0 Å². The van der Waals surface area contributed by atoms with Gasteiger partial charge in [0.25, 0.3) is 0 Å². The summed E-state index contributed by atoms with van der Waals surface area (Å²) in [5.41, 5.74) is 1.11. The average Bonchev–Trinajstić information content (AvgIpc) is 3.08. The molecule has 0 spiro atoms. The zero-order chi connectivity index (χ0) is 17.5. The van der Waals surface area contributed by atoms with Crippen molar-refractivity contribution in [2.75, 3.05) is 4.90 Å². The maximum atomic E-state index is 11.4. The highest BCUT2D eigenvalue weighted by atomic mass is 16.4. The number of carboxylic acids is 2. The highest BCUT2D eigenvalue weighted by Crippen LogP contribution is 2.20. The van der Waals surface area contributed by atoms with Gasteiger partial charge in [0.15, 0.2) is 0 Å². The SMILES string of the molecule is O=CN(c1ccc(-n2ccnn2)cc1)[C@@H](CCCC(=O)O)C(=O)O. The smallest absolute Gasteiger partial charge is 0.326 e. The van der Waals surface area contributed by atoms with Gasteiger partial charge >= 0.3 is 11.9 Å². The molecule has 9 nitrogen and oxygen atoms in total. The molecule has 0 bridgehead atoms. The lowest BCUT2D eigenvalue weighted by molar-refractivity contribution is -0.140. The molecule has 9 heteroatoms. The Morgan fingerprint density at radius 3 is 2.46 bits per heavy atom. The van der Waals surface area contributed by atoms with Crippen molar-refractivity contribution >= 4 is 24.0 Å². The fraction of sp³-hybridized carbons (Fsp3) is 0.267. The van der Waals surface area contributed by atoms with Gasteiger partial charge in [-0.2, -0.15) is 0 Å². The van der Waals surface area contributed by atoms with Crippen LogP contribution in [0.15, 0.2) is 36.7 Å². The lowest BCUT2D eigenvalue weighted by Gasteiger charge is -2.25. The van der Waals surface area contributed by atoms with Crippen LogP contribution in [0.2, 0.25) is 0 Å². The molecule has 0 aliphatic heterocycles. The summed E-state index contributed by atoms with van der Waals surface area (Å²) in [6.45, 7) is 0. The Balaban J connectivity index is 2.16. The van der Waals surface area contributed by atoms with Crippen LogP contribution < -0.4 is 4.90 Å². The van der Waals surface area contributed by atoms with Crippen LogP contribution in [-0.4, -0.2) is 49.6 Å². The molecule has 1 amide bonds. The number of hydrogen-bond acceptors (Lipinski definition) is 5. The van der Waals surface area contributed by atoms with E-state index in [1.807, 2.05) is 0 Å². The van der Waals surface area contributed by atoms with Crippen LogP contribution in [-0.2, 0) is 14.4 Å². The molecule has 2 N–H and O–H groups in total. The maximum Gasteiger partial charge on any atom is 0.326 e. The Labute approximate surface area is 137 Å². The molecule has 1 heterocycles. The quantitative estimate of drug-likeness (QED) is 0.654. The lowest BCUT2D eigenvalue weighted by Crippen LogP contribution is -2.40. The molecular weight excluding hydrogens is 316 g/mol.